The summed E-state index contributed by atoms with van der Waals surface area (Å²) in [5.74, 6) is 1.64. The summed E-state index contributed by atoms with van der Waals surface area (Å²) in [5, 5.41) is 18.9. The minimum absolute atomic E-state index is 0.0195. The van der Waals surface area contributed by atoms with Crippen molar-refractivity contribution in [1.29, 1.82) is 0 Å². The molecular formula is C19H20N4O4. The standard InChI is InChI=1S/C19H20N4O4/c1-13(22(2)12-14-4-10-17(26-3)11-5-14)18-20-21-19(27-18)15-6-8-16(9-7-15)23(24)25/h4-11,13H,12H2,1-3H3. The fourth-order valence-electron chi connectivity index (χ4n) is 2.59. The molecular weight excluding hydrogens is 348 g/mol. The third kappa shape index (κ3) is 4.29. The molecule has 0 aliphatic heterocycles. The summed E-state index contributed by atoms with van der Waals surface area (Å²) in [4.78, 5) is 12.4. The minimum Gasteiger partial charge on any atom is -0.497 e. The molecule has 8 nitrogen and oxygen atoms in total. The van der Waals surface area contributed by atoms with Crippen molar-refractivity contribution in [2.24, 2.45) is 0 Å². The first kappa shape index (κ1) is 18.5. The summed E-state index contributed by atoms with van der Waals surface area (Å²) >= 11 is 0. The second-order valence-electron chi connectivity index (χ2n) is 6.19. The van der Waals surface area contributed by atoms with E-state index in [0.717, 1.165) is 11.3 Å². The zero-order chi connectivity index (χ0) is 19.4. The summed E-state index contributed by atoms with van der Waals surface area (Å²) in [5.41, 5.74) is 1.80. The zero-order valence-corrected chi connectivity index (χ0v) is 15.3. The molecule has 0 amide bonds. The van der Waals surface area contributed by atoms with Gasteiger partial charge in [-0.2, -0.15) is 0 Å². The van der Waals surface area contributed by atoms with E-state index < -0.39 is 4.92 Å². The van der Waals surface area contributed by atoms with E-state index in [1.54, 1.807) is 19.2 Å². The van der Waals surface area contributed by atoms with E-state index in [-0.39, 0.29) is 11.7 Å². The molecule has 0 aliphatic rings. The van der Waals surface area contributed by atoms with E-state index in [1.165, 1.54) is 12.1 Å². The molecule has 0 fully saturated rings. The Morgan fingerprint density at radius 2 is 1.81 bits per heavy atom. The molecule has 1 heterocycles. The minimum atomic E-state index is -0.445. The van der Waals surface area contributed by atoms with Crippen LogP contribution in [0, 0.1) is 10.1 Å². The largest absolute Gasteiger partial charge is 0.497 e. The van der Waals surface area contributed by atoms with Crippen LogP contribution >= 0.6 is 0 Å². The van der Waals surface area contributed by atoms with Crippen molar-refractivity contribution in [3.8, 4) is 17.2 Å². The smallest absolute Gasteiger partial charge is 0.269 e. The fourth-order valence-corrected chi connectivity index (χ4v) is 2.59. The summed E-state index contributed by atoms with van der Waals surface area (Å²) < 4.78 is 10.9. The number of nitrogens with zero attached hydrogens (tertiary/aromatic N) is 4. The number of nitro groups is 1. The van der Waals surface area contributed by atoms with Gasteiger partial charge < -0.3 is 9.15 Å². The third-order valence-electron chi connectivity index (χ3n) is 4.38. The van der Waals surface area contributed by atoms with E-state index in [4.69, 9.17) is 9.15 Å². The van der Waals surface area contributed by atoms with Gasteiger partial charge in [0, 0.05) is 24.2 Å². The number of rotatable bonds is 7. The van der Waals surface area contributed by atoms with Crippen LogP contribution in [0.4, 0.5) is 5.69 Å². The Morgan fingerprint density at radius 3 is 2.41 bits per heavy atom. The molecule has 3 aromatic rings. The second kappa shape index (κ2) is 7.96. The first-order valence-electron chi connectivity index (χ1n) is 8.39. The van der Waals surface area contributed by atoms with E-state index in [0.29, 0.717) is 23.9 Å². The molecule has 140 valence electrons. The molecule has 0 bridgehead atoms. The van der Waals surface area contributed by atoms with Crippen LogP contribution in [0.15, 0.2) is 52.9 Å². The molecule has 0 aliphatic carbocycles. The Labute approximate surface area is 156 Å². The molecule has 2 aromatic carbocycles. The number of non-ortho nitro benzene ring substituents is 1. The van der Waals surface area contributed by atoms with Gasteiger partial charge in [-0.25, -0.2) is 0 Å². The maximum atomic E-state index is 10.7. The Bertz CT molecular complexity index is 906. The number of ether oxygens (including phenoxy) is 1. The quantitative estimate of drug-likeness (QED) is 0.462. The molecule has 0 saturated carbocycles. The maximum absolute atomic E-state index is 10.7. The van der Waals surface area contributed by atoms with Gasteiger partial charge in [0.1, 0.15) is 5.75 Å². The lowest BCUT2D eigenvalue weighted by Gasteiger charge is -2.21. The molecule has 27 heavy (non-hydrogen) atoms. The van der Waals surface area contributed by atoms with Crippen molar-refractivity contribution in [2.75, 3.05) is 14.2 Å². The number of hydrogen-bond donors (Lipinski definition) is 0. The van der Waals surface area contributed by atoms with Crippen LogP contribution < -0.4 is 4.74 Å². The zero-order valence-electron chi connectivity index (χ0n) is 15.3. The summed E-state index contributed by atoms with van der Waals surface area (Å²) in [6.45, 7) is 2.69. The van der Waals surface area contributed by atoms with Gasteiger partial charge in [-0.1, -0.05) is 12.1 Å². The van der Waals surface area contributed by atoms with E-state index >= 15 is 0 Å². The van der Waals surface area contributed by atoms with E-state index in [9.17, 15) is 10.1 Å². The van der Waals surface area contributed by atoms with Crippen LogP contribution in [0.25, 0.3) is 11.5 Å². The lowest BCUT2D eigenvalue weighted by molar-refractivity contribution is -0.384. The maximum Gasteiger partial charge on any atom is 0.269 e. The summed E-state index contributed by atoms with van der Waals surface area (Å²) in [6.07, 6.45) is 0. The topological polar surface area (TPSA) is 94.5 Å². The Balaban J connectivity index is 1.69. The van der Waals surface area contributed by atoms with Gasteiger partial charge in [-0.3, -0.25) is 15.0 Å². The van der Waals surface area contributed by atoms with Crippen molar-refractivity contribution in [3.05, 3.63) is 70.1 Å². The Morgan fingerprint density at radius 1 is 1.15 bits per heavy atom. The molecule has 0 spiro atoms. The van der Waals surface area contributed by atoms with Gasteiger partial charge in [0.25, 0.3) is 5.69 Å². The third-order valence-corrected chi connectivity index (χ3v) is 4.38. The fraction of sp³-hybridized carbons (Fsp3) is 0.263. The van der Waals surface area contributed by atoms with Gasteiger partial charge in [0.15, 0.2) is 0 Å². The van der Waals surface area contributed by atoms with Crippen molar-refractivity contribution >= 4 is 5.69 Å². The highest BCUT2D eigenvalue weighted by atomic mass is 16.6. The van der Waals surface area contributed by atoms with Crippen LogP contribution in [0.2, 0.25) is 0 Å². The van der Waals surface area contributed by atoms with Gasteiger partial charge in [0.2, 0.25) is 11.8 Å². The first-order valence-corrected chi connectivity index (χ1v) is 8.39. The highest BCUT2D eigenvalue weighted by molar-refractivity contribution is 5.55. The number of aromatic nitrogens is 2. The molecule has 0 radical (unpaired) electrons. The molecule has 1 atom stereocenters. The van der Waals surface area contributed by atoms with Gasteiger partial charge >= 0.3 is 0 Å². The van der Waals surface area contributed by atoms with E-state index in [2.05, 4.69) is 15.1 Å². The van der Waals surface area contributed by atoms with Crippen LogP contribution in [-0.4, -0.2) is 34.2 Å². The van der Waals surface area contributed by atoms with Crippen LogP contribution in [0.1, 0.15) is 24.4 Å². The van der Waals surface area contributed by atoms with Crippen LogP contribution in [-0.2, 0) is 6.54 Å². The normalized spacial score (nSPS) is 12.1. The van der Waals surface area contributed by atoms with Gasteiger partial charge in [0.05, 0.1) is 18.1 Å². The van der Waals surface area contributed by atoms with Crippen molar-refractivity contribution in [3.63, 3.8) is 0 Å². The van der Waals surface area contributed by atoms with Crippen molar-refractivity contribution in [2.45, 2.75) is 19.5 Å². The molecule has 0 N–H and O–H groups in total. The average molecular weight is 368 g/mol. The van der Waals surface area contributed by atoms with Gasteiger partial charge in [-0.05, 0) is 43.8 Å². The molecule has 1 unspecified atom stereocenters. The monoisotopic (exact) mass is 368 g/mol. The lowest BCUT2D eigenvalue weighted by Crippen LogP contribution is -2.22. The average Bonchev–Trinajstić information content (AvgIpc) is 3.18. The summed E-state index contributed by atoms with van der Waals surface area (Å²) in [7, 11) is 3.62. The molecule has 0 saturated heterocycles. The molecule has 3 rings (SSSR count). The first-order chi connectivity index (χ1) is 13.0. The van der Waals surface area contributed by atoms with Crippen molar-refractivity contribution in [1.82, 2.24) is 15.1 Å². The Kier molecular flexibility index (Phi) is 5.46. The summed E-state index contributed by atoms with van der Waals surface area (Å²) in [6, 6.07) is 13.8. The highest BCUT2D eigenvalue weighted by Crippen LogP contribution is 2.25. The SMILES string of the molecule is COc1ccc(CN(C)C(C)c2nnc(-c3ccc([N+](=O)[O-])cc3)o2)cc1. The van der Waals surface area contributed by atoms with E-state index in [1.807, 2.05) is 38.2 Å². The number of methoxy groups -OCH3 is 1. The number of hydrogen-bond acceptors (Lipinski definition) is 7. The van der Waals surface area contributed by atoms with Gasteiger partial charge in [-0.15, -0.1) is 10.2 Å². The van der Waals surface area contributed by atoms with Crippen LogP contribution in [0.3, 0.4) is 0 Å². The molecule has 8 heteroatoms. The molecule has 1 aromatic heterocycles. The predicted octanol–water partition coefficient (Wildman–Crippen LogP) is 3.85. The van der Waals surface area contributed by atoms with Crippen LogP contribution in [0.5, 0.6) is 5.75 Å². The number of benzene rings is 2. The van der Waals surface area contributed by atoms with Crippen molar-refractivity contribution < 1.29 is 14.1 Å². The second-order valence-corrected chi connectivity index (χ2v) is 6.19. The predicted molar refractivity (Wildman–Crippen MR) is 99.3 cm³/mol. The lowest BCUT2D eigenvalue weighted by atomic mass is 10.2. The highest BCUT2D eigenvalue weighted by Gasteiger charge is 2.19. The number of nitro benzene ring substituents is 1. The Hall–Kier alpha value is -3.26.